The Labute approximate surface area is 165 Å². The van der Waals surface area contributed by atoms with Gasteiger partial charge < -0.3 is 9.64 Å². The summed E-state index contributed by atoms with van der Waals surface area (Å²) in [4.78, 5) is 32.6. The van der Waals surface area contributed by atoms with Crippen LogP contribution in [0.15, 0.2) is 45.3 Å². The molecule has 0 amide bonds. The van der Waals surface area contributed by atoms with E-state index in [9.17, 15) is 9.59 Å². The van der Waals surface area contributed by atoms with Crippen LogP contribution in [0.3, 0.4) is 0 Å². The molecule has 0 spiro atoms. The van der Waals surface area contributed by atoms with Gasteiger partial charge in [0, 0.05) is 25.3 Å². The van der Waals surface area contributed by atoms with Gasteiger partial charge in [0.2, 0.25) is 0 Å². The third-order valence-corrected chi connectivity index (χ3v) is 5.30. The van der Waals surface area contributed by atoms with Crippen molar-refractivity contribution in [2.24, 2.45) is 4.99 Å². The highest BCUT2D eigenvalue weighted by molar-refractivity contribution is 7.07. The molecular weight excluding hydrogens is 386 g/mol. The molecule has 0 bridgehead atoms. The molecule has 3 rings (SSSR count). The van der Waals surface area contributed by atoms with Crippen molar-refractivity contribution in [2.75, 3.05) is 20.7 Å². The molecule has 0 saturated heterocycles. The van der Waals surface area contributed by atoms with E-state index in [1.807, 2.05) is 31.1 Å². The minimum atomic E-state index is -0.609. The maximum atomic E-state index is 13.1. The van der Waals surface area contributed by atoms with E-state index in [0.29, 0.717) is 25.6 Å². The van der Waals surface area contributed by atoms with Crippen LogP contribution in [-0.4, -0.2) is 36.1 Å². The van der Waals surface area contributed by atoms with E-state index in [2.05, 4.69) is 4.99 Å². The van der Waals surface area contributed by atoms with Crippen LogP contribution in [-0.2, 0) is 9.53 Å². The summed E-state index contributed by atoms with van der Waals surface area (Å²) in [5, 5.41) is 0.581. The van der Waals surface area contributed by atoms with E-state index in [4.69, 9.17) is 16.3 Å². The number of hydrogen-bond acceptors (Lipinski definition) is 6. The summed E-state index contributed by atoms with van der Waals surface area (Å²) in [7, 11) is 3.70. The van der Waals surface area contributed by atoms with Crippen LogP contribution in [0.4, 0.5) is 0 Å². The first kappa shape index (κ1) is 19.4. The van der Waals surface area contributed by atoms with Crippen molar-refractivity contribution >= 4 is 35.1 Å². The molecule has 8 heteroatoms. The zero-order valence-electron chi connectivity index (χ0n) is 15.5. The number of allylic oxidation sites excluding steroid dienone is 1. The highest BCUT2D eigenvalue weighted by Crippen LogP contribution is 2.31. The van der Waals surface area contributed by atoms with E-state index in [1.165, 1.54) is 11.3 Å². The molecule has 142 valence electrons. The first-order chi connectivity index (χ1) is 12.8. The van der Waals surface area contributed by atoms with Gasteiger partial charge in [0.25, 0.3) is 5.56 Å². The predicted octanol–water partition coefficient (Wildman–Crippen LogP) is 1.92. The Morgan fingerprint density at radius 1 is 1.37 bits per heavy atom. The normalized spacial score (nSPS) is 16.8. The summed E-state index contributed by atoms with van der Waals surface area (Å²) < 4.78 is 7.35. The van der Waals surface area contributed by atoms with E-state index in [0.717, 1.165) is 5.56 Å². The predicted molar refractivity (Wildman–Crippen MR) is 106 cm³/mol. The van der Waals surface area contributed by atoms with E-state index in [-0.39, 0.29) is 12.2 Å². The Hall–Kier alpha value is -2.38. The second-order valence-corrected chi connectivity index (χ2v) is 7.75. The molecule has 6 nitrogen and oxygen atoms in total. The lowest BCUT2D eigenvalue weighted by Gasteiger charge is -2.24. The summed E-state index contributed by atoms with van der Waals surface area (Å²) in [6.07, 6.45) is 1.76. The Morgan fingerprint density at radius 2 is 2.04 bits per heavy atom. The lowest BCUT2D eigenvalue weighted by molar-refractivity contribution is -0.139. The lowest BCUT2D eigenvalue weighted by atomic mass is 9.96. The summed E-state index contributed by atoms with van der Waals surface area (Å²) in [6.45, 7) is 3.75. The Balaban J connectivity index is 2.31. The Kier molecular flexibility index (Phi) is 5.53. The van der Waals surface area contributed by atoms with Gasteiger partial charge in [-0.2, -0.15) is 0 Å². The second kappa shape index (κ2) is 7.70. The summed E-state index contributed by atoms with van der Waals surface area (Å²) in [6, 6.07) is 6.50. The number of thiazole rings is 1. The van der Waals surface area contributed by atoms with Crippen molar-refractivity contribution in [3.8, 4) is 0 Å². The van der Waals surface area contributed by atoms with Gasteiger partial charge in [-0.05, 0) is 31.5 Å². The average molecular weight is 406 g/mol. The topological polar surface area (TPSA) is 63.9 Å². The third-order valence-electron chi connectivity index (χ3n) is 4.08. The minimum absolute atomic E-state index is 0.193. The number of ether oxygens (including phenoxy) is 1. The molecule has 27 heavy (non-hydrogen) atoms. The van der Waals surface area contributed by atoms with Crippen molar-refractivity contribution < 1.29 is 9.53 Å². The molecule has 0 radical (unpaired) electrons. The van der Waals surface area contributed by atoms with E-state index < -0.39 is 12.0 Å². The number of carbonyl (C=O) groups excluding carboxylic acids is 1. The van der Waals surface area contributed by atoms with Crippen LogP contribution in [0.2, 0.25) is 5.02 Å². The van der Waals surface area contributed by atoms with E-state index in [1.54, 1.807) is 36.7 Å². The average Bonchev–Trinajstić information content (AvgIpc) is 2.89. The second-order valence-electron chi connectivity index (χ2n) is 6.30. The van der Waals surface area contributed by atoms with Crippen LogP contribution in [0.25, 0.3) is 6.20 Å². The molecule has 1 unspecified atom stereocenters. The van der Waals surface area contributed by atoms with Crippen LogP contribution in [0, 0.1) is 0 Å². The van der Waals surface area contributed by atoms with Crippen LogP contribution in [0.1, 0.15) is 25.5 Å². The summed E-state index contributed by atoms with van der Waals surface area (Å²) >= 11 is 7.32. The molecule has 0 fully saturated rings. The molecule has 1 aromatic carbocycles. The first-order valence-electron chi connectivity index (χ1n) is 8.45. The Morgan fingerprint density at radius 3 is 2.63 bits per heavy atom. The highest BCUT2D eigenvalue weighted by atomic mass is 35.5. The number of aromatic nitrogens is 1. The molecule has 1 aliphatic rings. The van der Waals surface area contributed by atoms with Crippen molar-refractivity contribution in [3.05, 3.63) is 65.8 Å². The van der Waals surface area contributed by atoms with Gasteiger partial charge in [-0.3, -0.25) is 9.36 Å². The number of halogens is 1. The van der Waals surface area contributed by atoms with Gasteiger partial charge in [0.15, 0.2) is 4.80 Å². The number of benzene rings is 1. The highest BCUT2D eigenvalue weighted by Gasteiger charge is 2.33. The molecule has 0 aliphatic carbocycles. The molecule has 2 aromatic rings. The Bertz CT molecular complexity index is 1080. The third kappa shape index (κ3) is 3.70. The number of esters is 1. The smallest absolute Gasteiger partial charge is 0.338 e. The fourth-order valence-electron chi connectivity index (χ4n) is 2.98. The van der Waals surface area contributed by atoms with Crippen molar-refractivity contribution in [1.29, 1.82) is 0 Å². The lowest BCUT2D eigenvalue weighted by Crippen LogP contribution is -2.40. The van der Waals surface area contributed by atoms with Gasteiger partial charge >= 0.3 is 5.97 Å². The number of rotatable bonds is 4. The quantitative estimate of drug-likeness (QED) is 0.729. The fourth-order valence-corrected chi connectivity index (χ4v) is 4.22. The fraction of sp³-hybridized carbons (Fsp3) is 0.316. The molecule has 1 aromatic heterocycles. The van der Waals surface area contributed by atoms with Crippen molar-refractivity contribution in [3.63, 3.8) is 0 Å². The molecule has 1 aliphatic heterocycles. The SMILES string of the molecule is CCOC(=O)C1=C(C)N=c2sc(=CN(C)C)c(=O)n2C1c1ccc(Cl)cc1. The minimum Gasteiger partial charge on any atom is -0.463 e. The maximum absolute atomic E-state index is 13.1. The van der Waals surface area contributed by atoms with Crippen molar-refractivity contribution in [1.82, 2.24) is 9.47 Å². The van der Waals surface area contributed by atoms with Gasteiger partial charge in [0.1, 0.15) is 4.53 Å². The number of hydrogen-bond donors (Lipinski definition) is 0. The van der Waals surface area contributed by atoms with Gasteiger partial charge in [-0.1, -0.05) is 35.1 Å². The standard InChI is InChI=1S/C19H20ClN3O3S/c1-5-26-18(25)15-11(2)21-19-23(17(24)14(27-19)10-22(3)4)16(15)12-6-8-13(20)9-7-12/h6-10,16H,5H2,1-4H3. The summed E-state index contributed by atoms with van der Waals surface area (Å²) in [5.41, 5.74) is 1.49. The van der Waals surface area contributed by atoms with Crippen LogP contribution < -0.4 is 14.9 Å². The number of nitrogens with zero attached hydrogens (tertiary/aromatic N) is 3. The zero-order valence-corrected chi connectivity index (χ0v) is 17.1. The zero-order chi connectivity index (χ0) is 19.7. The van der Waals surface area contributed by atoms with E-state index >= 15 is 0 Å². The molecule has 2 heterocycles. The number of carbonyl (C=O) groups is 1. The molecule has 0 saturated carbocycles. The monoisotopic (exact) mass is 405 g/mol. The summed E-state index contributed by atoms with van der Waals surface area (Å²) in [5.74, 6) is -0.472. The maximum Gasteiger partial charge on any atom is 0.338 e. The largest absolute Gasteiger partial charge is 0.463 e. The van der Waals surface area contributed by atoms with Gasteiger partial charge in [-0.25, -0.2) is 9.79 Å². The van der Waals surface area contributed by atoms with Gasteiger partial charge in [-0.15, -0.1) is 0 Å². The van der Waals surface area contributed by atoms with Crippen LogP contribution >= 0.6 is 22.9 Å². The van der Waals surface area contributed by atoms with Crippen LogP contribution in [0.5, 0.6) is 0 Å². The first-order valence-corrected chi connectivity index (χ1v) is 9.64. The molecule has 0 N–H and O–H groups in total. The van der Waals surface area contributed by atoms with Crippen molar-refractivity contribution in [2.45, 2.75) is 19.9 Å². The number of fused-ring (bicyclic) bond motifs is 1. The molecule has 1 atom stereocenters. The van der Waals surface area contributed by atoms with Gasteiger partial charge in [0.05, 0.1) is 23.9 Å². The molecular formula is C19H20ClN3O3S.